The van der Waals surface area contributed by atoms with Crippen molar-refractivity contribution in [2.45, 2.75) is 25.8 Å². The standard InChI is InChI=1S/C20H27N5O2/c21-18-14-19(24-20(26)23-18)22-9-2-5-12-27-17-8-6-7-16(13-17)15-25-10-3-1-4-11-25/h2,5-8,13-14H,1,3-4,9-12,15H2,(H4,21,22,23,24,26)/b5-2-. The average Bonchev–Trinajstić information content (AvgIpc) is 2.65. The predicted molar refractivity (Wildman–Crippen MR) is 108 cm³/mol. The molecular weight excluding hydrogens is 342 g/mol. The summed E-state index contributed by atoms with van der Waals surface area (Å²) < 4.78 is 5.81. The Hall–Kier alpha value is -2.80. The lowest BCUT2D eigenvalue weighted by Crippen LogP contribution is -2.29. The zero-order valence-corrected chi connectivity index (χ0v) is 15.5. The molecule has 0 radical (unpaired) electrons. The van der Waals surface area contributed by atoms with Gasteiger partial charge in [0.25, 0.3) is 0 Å². The Bertz CT molecular complexity index is 812. The Balaban J connectivity index is 1.41. The molecule has 0 bridgehead atoms. The minimum Gasteiger partial charge on any atom is -0.490 e. The van der Waals surface area contributed by atoms with Crippen LogP contribution in [0.1, 0.15) is 24.8 Å². The molecule has 0 unspecified atom stereocenters. The number of aromatic amines is 1. The van der Waals surface area contributed by atoms with E-state index in [9.17, 15) is 4.79 Å². The van der Waals surface area contributed by atoms with Crippen molar-refractivity contribution in [3.8, 4) is 5.75 Å². The van der Waals surface area contributed by atoms with Crippen LogP contribution in [0.4, 0.5) is 11.6 Å². The SMILES string of the molecule is Nc1cc(NC/C=C\COc2cccc(CN3CCCCC3)c2)[nH]c(=O)n1. The van der Waals surface area contributed by atoms with Crippen LogP contribution in [0.25, 0.3) is 0 Å². The van der Waals surface area contributed by atoms with Crippen LogP contribution in [0.15, 0.2) is 47.3 Å². The van der Waals surface area contributed by atoms with E-state index in [0.717, 1.165) is 12.3 Å². The van der Waals surface area contributed by atoms with Crippen molar-refractivity contribution in [1.82, 2.24) is 14.9 Å². The van der Waals surface area contributed by atoms with Crippen molar-refractivity contribution in [3.63, 3.8) is 0 Å². The molecule has 0 amide bonds. The van der Waals surface area contributed by atoms with Crippen LogP contribution in [0.3, 0.4) is 0 Å². The van der Waals surface area contributed by atoms with E-state index in [2.05, 4.69) is 32.3 Å². The molecule has 2 heterocycles. The number of nitrogens with one attached hydrogen (secondary N) is 2. The summed E-state index contributed by atoms with van der Waals surface area (Å²) in [5.74, 6) is 1.62. The van der Waals surface area contributed by atoms with E-state index >= 15 is 0 Å². The first kappa shape index (κ1) is 19.0. The number of piperidine rings is 1. The smallest absolute Gasteiger partial charge is 0.348 e. The fourth-order valence-corrected chi connectivity index (χ4v) is 3.15. The van der Waals surface area contributed by atoms with Crippen molar-refractivity contribution >= 4 is 11.6 Å². The maximum atomic E-state index is 11.2. The fourth-order valence-electron chi connectivity index (χ4n) is 3.15. The molecule has 1 aliphatic rings. The van der Waals surface area contributed by atoms with E-state index < -0.39 is 5.69 Å². The lowest BCUT2D eigenvalue weighted by Gasteiger charge is -2.26. The molecular formula is C20H27N5O2. The van der Waals surface area contributed by atoms with E-state index in [1.54, 1.807) is 6.07 Å². The third kappa shape index (κ3) is 6.45. The number of nitrogens with two attached hydrogens (primary N) is 1. The van der Waals surface area contributed by atoms with Crippen LogP contribution in [0.2, 0.25) is 0 Å². The molecule has 3 rings (SSSR count). The predicted octanol–water partition coefficient (Wildman–Crippen LogP) is 2.39. The van der Waals surface area contributed by atoms with Crippen LogP contribution in [-0.4, -0.2) is 41.1 Å². The molecule has 0 atom stereocenters. The van der Waals surface area contributed by atoms with E-state index in [1.165, 1.54) is 37.9 Å². The molecule has 1 saturated heterocycles. The number of likely N-dealkylation sites (tertiary alicyclic amines) is 1. The Morgan fingerprint density at radius 2 is 2.07 bits per heavy atom. The van der Waals surface area contributed by atoms with Crippen molar-refractivity contribution in [2.75, 3.05) is 37.3 Å². The monoisotopic (exact) mass is 369 g/mol. The second-order valence-corrected chi connectivity index (χ2v) is 6.67. The summed E-state index contributed by atoms with van der Waals surface area (Å²) in [4.78, 5) is 19.9. The van der Waals surface area contributed by atoms with E-state index in [-0.39, 0.29) is 5.82 Å². The van der Waals surface area contributed by atoms with E-state index in [1.807, 2.05) is 24.3 Å². The quantitative estimate of drug-likeness (QED) is 0.618. The summed E-state index contributed by atoms with van der Waals surface area (Å²) in [5, 5.41) is 3.06. The van der Waals surface area contributed by atoms with Crippen LogP contribution in [0, 0.1) is 0 Å². The van der Waals surface area contributed by atoms with Gasteiger partial charge in [-0.2, -0.15) is 4.98 Å². The zero-order valence-electron chi connectivity index (χ0n) is 15.5. The first-order chi connectivity index (χ1) is 13.2. The molecule has 1 fully saturated rings. The number of ether oxygens (including phenoxy) is 1. The van der Waals surface area contributed by atoms with Gasteiger partial charge >= 0.3 is 5.69 Å². The largest absolute Gasteiger partial charge is 0.490 e. The highest BCUT2D eigenvalue weighted by Gasteiger charge is 2.10. The highest BCUT2D eigenvalue weighted by atomic mass is 16.5. The maximum Gasteiger partial charge on any atom is 0.348 e. The second-order valence-electron chi connectivity index (χ2n) is 6.67. The first-order valence-corrected chi connectivity index (χ1v) is 9.39. The van der Waals surface area contributed by atoms with Crippen LogP contribution in [0.5, 0.6) is 5.75 Å². The summed E-state index contributed by atoms with van der Waals surface area (Å²) in [6.07, 6.45) is 7.83. The molecule has 4 N–H and O–H groups in total. The minimum atomic E-state index is -0.464. The topological polar surface area (TPSA) is 96.3 Å². The van der Waals surface area contributed by atoms with Gasteiger partial charge in [0.2, 0.25) is 0 Å². The molecule has 7 heteroatoms. The number of rotatable bonds is 8. The van der Waals surface area contributed by atoms with Crippen LogP contribution >= 0.6 is 0 Å². The van der Waals surface area contributed by atoms with Gasteiger partial charge in [-0.25, -0.2) is 4.79 Å². The Kier molecular flexibility index (Phi) is 6.87. The summed E-state index contributed by atoms with van der Waals surface area (Å²) in [6.45, 7) is 4.41. The number of H-pyrrole nitrogens is 1. The van der Waals surface area contributed by atoms with Crippen molar-refractivity contribution in [1.29, 1.82) is 0 Å². The molecule has 0 saturated carbocycles. The summed E-state index contributed by atoms with van der Waals surface area (Å²) in [7, 11) is 0. The molecule has 1 aliphatic heterocycles. The lowest BCUT2D eigenvalue weighted by molar-refractivity contribution is 0.220. The molecule has 0 aliphatic carbocycles. The third-order valence-electron chi connectivity index (χ3n) is 4.44. The third-order valence-corrected chi connectivity index (χ3v) is 4.44. The Morgan fingerprint density at radius 3 is 2.89 bits per heavy atom. The van der Waals surface area contributed by atoms with Crippen molar-refractivity contribution in [3.05, 3.63) is 58.5 Å². The minimum absolute atomic E-state index is 0.193. The van der Waals surface area contributed by atoms with Crippen LogP contribution in [-0.2, 0) is 6.54 Å². The highest BCUT2D eigenvalue weighted by molar-refractivity contribution is 5.43. The summed E-state index contributed by atoms with van der Waals surface area (Å²) in [5.41, 5.74) is 6.36. The molecule has 2 aromatic rings. The van der Waals surface area contributed by atoms with Crippen LogP contribution < -0.4 is 21.5 Å². The molecule has 144 valence electrons. The van der Waals surface area contributed by atoms with Gasteiger partial charge in [-0.15, -0.1) is 0 Å². The summed E-state index contributed by atoms with van der Waals surface area (Å²) in [6, 6.07) is 9.88. The molecule has 7 nitrogen and oxygen atoms in total. The highest BCUT2D eigenvalue weighted by Crippen LogP contribution is 2.17. The van der Waals surface area contributed by atoms with Gasteiger partial charge < -0.3 is 15.8 Å². The Labute approximate surface area is 159 Å². The number of benzene rings is 1. The average molecular weight is 369 g/mol. The van der Waals surface area contributed by atoms with Gasteiger partial charge in [-0.3, -0.25) is 9.88 Å². The summed E-state index contributed by atoms with van der Waals surface area (Å²) >= 11 is 0. The fraction of sp³-hybridized carbons (Fsp3) is 0.400. The number of nitrogens with zero attached hydrogens (tertiary/aromatic N) is 2. The number of aromatic nitrogens is 2. The zero-order chi connectivity index (χ0) is 18.9. The van der Waals surface area contributed by atoms with Gasteiger partial charge in [0.1, 0.15) is 24.0 Å². The van der Waals surface area contributed by atoms with E-state index in [0.29, 0.717) is 19.0 Å². The molecule has 27 heavy (non-hydrogen) atoms. The number of nitrogen functional groups attached to an aromatic ring is 1. The van der Waals surface area contributed by atoms with Gasteiger partial charge in [0.05, 0.1) is 0 Å². The number of hydrogen-bond acceptors (Lipinski definition) is 6. The van der Waals surface area contributed by atoms with Gasteiger partial charge in [-0.1, -0.05) is 24.6 Å². The van der Waals surface area contributed by atoms with Crippen molar-refractivity contribution in [2.24, 2.45) is 0 Å². The number of anilines is 2. The normalized spacial score (nSPS) is 15.1. The second kappa shape index (κ2) is 9.78. The first-order valence-electron chi connectivity index (χ1n) is 9.39. The van der Waals surface area contributed by atoms with Gasteiger partial charge in [0, 0.05) is 19.2 Å². The molecule has 1 aromatic carbocycles. The van der Waals surface area contributed by atoms with Crippen molar-refractivity contribution < 1.29 is 4.74 Å². The molecule has 1 aromatic heterocycles. The van der Waals surface area contributed by atoms with E-state index in [4.69, 9.17) is 10.5 Å². The molecule has 0 spiro atoms. The maximum absolute atomic E-state index is 11.2. The number of hydrogen-bond donors (Lipinski definition) is 3. The lowest BCUT2D eigenvalue weighted by atomic mass is 10.1. The Morgan fingerprint density at radius 1 is 1.22 bits per heavy atom. The van der Waals surface area contributed by atoms with Gasteiger partial charge in [-0.05, 0) is 49.7 Å². The van der Waals surface area contributed by atoms with Gasteiger partial charge in [0.15, 0.2) is 0 Å².